The van der Waals surface area contributed by atoms with Gasteiger partial charge < -0.3 is 10.6 Å². The molecule has 3 heteroatoms. The maximum absolute atomic E-state index is 5.75. The SMILES string of the molecule is [CH2-][NH+]1CCc2c(ccnc2N)C1. The molecular formula is C9H13N3. The maximum atomic E-state index is 5.75. The third-order valence-electron chi connectivity index (χ3n) is 2.36. The summed E-state index contributed by atoms with van der Waals surface area (Å²) in [7, 11) is 3.98. The van der Waals surface area contributed by atoms with Crippen molar-refractivity contribution in [3.05, 3.63) is 30.4 Å². The molecule has 0 spiro atoms. The van der Waals surface area contributed by atoms with Gasteiger partial charge in [0.1, 0.15) is 5.82 Å². The molecule has 1 atom stereocenters. The van der Waals surface area contributed by atoms with Crippen molar-refractivity contribution in [1.82, 2.24) is 4.98 Å². The number of pyridine rings is 1. The molecule has 1 aromatic heterocycles. The summed E-state index contributed by atoms with van der Waals surface area (Å²) in [5, 5.41) is 0. The minimum atomic E-state index is 0.694. The highest BCUT2D eigenvalue weighted by molar-refractivity contribution is 5.44. The summed E-state index contributed by atoms with van der Waals surface area (Å²) >= 11 is 0. The van der Waals surface area contributed by atoms with Crippen molar-refractivity contribution in [3.63, 3.8) is 0 Å². The van der Waals surface area contributed by atoms with E-state index in [9.17, 15) is 0 Å². The van der Waals surface area contributed by atoms with E-state index < -0.39 is 0 Å². The van der Waals surface area contributed by atoms with Crippen molar-refractivity contribution in [2.45, 2.75) is 13.0 Å². The van der Waals surface area contributed by atoms with Crippen LogP contribution in [0.25, 0.3) is 0 Å². The van der Waals surface area contributed by atoms with Crippen LogP contribution in [0.4, 0.5) is 5.82 Å². The van der Waals surface area contributed by atoms with Crippen molar-refractivity contribution in [1.29, 1.82) is 0 Å². The average Bonchev–Trinajstić information content (AvgIpc) is 2.04. The number of fused-ring (bicyclic) bond motifs is 1. The summed E-state index contributed by atoms with van der Waals surface area (Å²) in [4.78, 5) is 5.36. The van der Waals surface area contributed by atoms with Gasteiger partial charge >= 0.3 is 0 Å². The highest BCUT2D eigenvalue weighted by Crippen LogP contribution is 2.15. The van der Waals surface area contributed by atoms with Crippen LogP contribution in [-0.2, 0) is 13.0 Å². The highest BCUT2D eigenvalue weighted by atomic mass is 15.1. The lowest BCUT2D eigenvalue weighted by atomic mass is 10.0. The second-order valence-corrected chi connectivity index (χ2v) is 3.26. The minimum absolute atomic E-state index is 0.694. The van der Waals surface area contributed by atoms with Gasteiger partial charge in [-0.25, -0.2) is 4.98 Å². The van der Waals surface area contributed by atoms with Crippen LogP contribution in [-0.4, -0.2) is 11.5 Å². The predicted octanol–water partition coefficient (Wildman–Crippen LogP) is -0.604. The Kier molecular flexibility index (Phi) is 1.73. The van der Waals surface area contributed by atoms with E-state index >= 15 is 0 Å². The molecule has 2 rings (SSSR count). The first-order valence-corrected chi connectivity index (χ1v) is 4.16. The number of anilines is 1. The quantitative estimate of drug-likeness (QED) is 0.501. The summed E-state index contributed by atoms with van der Waals surface area (Å²) in [5.41, 5.74) is 8.28. The van der Waals surface area contributed by atoms with Crippen LogP contribution in [0.2, 0.25) is 0 Å². The van der Waals surface area contributed by atoms with E-state index in [4.69, 9.17) is 5.73 Å². The zero-order chi connectivity index (χ0) is 8.55. The first-order chi connectivity index (χ1) is 5.77. The van der Waals surface area contributed by atoms with E-state index in [0.29, 0.717) is 5.82 Å². The number of quaternary nitrogens is 1. The molecule has 0 aromatic carbocycles. The summed E-state index contributed by atoms with van der Waals surface area (Å²) in [5.74, 6) is 0.694. The molecule has 1 aliphatic heterocycles. The summed E-state index contributed by atoms with van der Waals surface area (Å²) in [6.07, 6.45) is 2.78. The van der Waals surface area contributed by atoms with Gasteiger partial charge in [-0.1, -0.05) is 0 Å². The molecule has 0 aliphatic carbocycles. The molecule has 0 bridgehead atoms. The van der Waals surface area contributed by atoms with Crippen molar-refractivity contribution in [3.8, 4) is 0 Å². The lowest BCUT2D eigenvalue weighted by molar-refractivity contribution is -0.870. The van der Waals surface area contributed by atoms with Crippen molar-refractivity contribution < 1.29 is 4.90 Å². The Hall–Kier alpha value is -1.09. The lowest BCUT2D eigenvalue weighted by Gasteiger charge is -2.27. The van der Waals surface area contributed by atoms with E-state index in [1.807, 2.05) is 6.07 Å². The molecule has 3 N–H and O–H groups in total. The number of rotatable bonds is 0. The second-order valence-electron chi connectivity index (χ2n) is 3.26. The van der Waals surface area contributed by atoms with Crippen LogP contribution >= 0.6 is 0 Å². The lowest BCUT2D eigenvalue weighted by Crippen LogP contribution is -3.06. The van der Waals surface area contributed by atoms with Crippen molar-refractivity contribution in [2.75, 3.05) is 12.3 Å². The van der Waals surface area contributed by atoms with Gasteiger partial charge in [-0.15, -0.1) is 0 Å². The fraction of sp³-hybridized carbons (Fsp3) is 0.333. The summed E-state index contributed by atoms with van der Waals surface area (Å²) < 4.78 is 0. The molecule has 0 saturated heterocycles. The number of hydrogen-bond acceptors (Lipinski definition) is 2. The Balaban J connectivity index is 2.42. The van der Waals surface area contributed by atoms with Gasteiger partial charge in [0.25, 0.3) is 0 Å². The van der Waals surface area contributed by atoms with E-state index in [1.54, 1.807) is 6.20 Å². The molecule has 3 nitrogen and oxygen atoms in total. The smallest absolute Gasteiger partial charge is 0.127 e. The average molecular weight is 163 g/mol. The first kappa shape index (κ1) is 7.55. The number of nitrogens with one attached hydrogen (secondary N) is 1. The summed E-state index contributed by atoms with van der Waals surface area (Å²) in [6.45, 7) is 2.03. The molecule has 1 aliphatic rings. The Morgan fingerprint density at radius 3 is 3.25 bits per heavy atom. The van der Waals surface area contributed by atoms with Gasteiger partial charge in [-0.3, -0.25) is 0 Å². The van der Waals surface area contributed by atoms with Crippen LogP contribution < -0.4 is 10.6 Å². The van der Waals surface area contributed by atoms with Gasteiger partial charge in [0, 0.05) is 23.7 Å². The number of nitrogens with zero attached hydrogens (tertiary/aromatic N) is 1. The van der Waals surface area contributed by atoms with Gasteiger partial charge in [-0.05, 0) is 6.07 Å². The third kappa shape index (κ3) is 1.16. The van der Waals surface area contributed by atoms with E-state index in [-0.39, 0.29) is 0 Å². The number of aromatic nitrogens is 1. The fourth-order valence-corrected chi connectivity index (χ4v) is 1.66. The largest absolute Gasteiger partial charge is 0.464 e. The molecule has 0 amide bonds. The van der Waals surface area contributed by atoms with E-state index in [1.165, 1.54) is 16.0 Å². The van der Waals surface area contributed by atoms with Crippen molar-refractivity contribution in [2.24, 2.45) is 0 Å². The number of hydrogen-bond donors (Lipinski definition) is 2. The second kappa shape index (κ2) is 2.75. The molecule has 0 fully saturated rings. The zero-order valence-electron chi connectivity index (χ0n) is 7.01. The molecule has 0 saturated carbocycles. The molecule has 64 valence electrons. The van der Waals surface area contributed by atoms with Crippen LogP contribution in [0.3, 0.4) is 0 Å². The fourth-order valence-electron chi connectivity index (χ4n) is 1.66. The molecular weight excluding hydrogens is 150 g/mol. The molecule has 12 heavy (non-hydrogen) atoms. The Morgan fingerprint density at radius 2 is 2.42 bits per heavy atom. The Morgan fingerprint density at radius 1 is 1.58 bits per heavy atom. The summed E-state index contributed by atoms with van der Waals surface area (Å²) in [6, 6.07) is 2.04. The molecule has 1 unspecified atom stereocenters. The monoisotopic (exact) mass is 163 g/mol. The zero-order valence-corrected chi connectivity index (χ0v) is 7.01. The van der Waals surface area contributed by atoms with Crippen LogP contribution in [0.1, 0.15) is 11.1 Å². The van der Waals surface area contributed by atoms with Gasteiger partial charge in [0.15, 0.2) is 0 Å². The topological polar surface area (TPSA) is 43.4 Å². The highest BCUT2D eigenvalue weighted by Gasteiger charge is 2.15. The normalized spacial score (nSPS) is 21.9. The molecule has 0 radical (unpaired) electrons. The Bertz CT molecular complexity index is 296. The van der Waals surface area contributed by atoms with Crippen LogP contribution in [0.5, 0.6) is 0 Å². The van der Waals surface area contributed by atoms with E-state index in [0.717, 1.165) is 19.5 Å². The number of nitrogens with two attached hydrogens (primary N) is 1. The standard InChI is InChI=1S/C9H13N3/c1-12-5-3-8-7(6-12)2-4-11-9(8)10/h2,4,12H,1,3,5-6H2,(H2,10,11). The Labute approximate surface area is 72.2 Å². The third-order valence-corrected chi connectivity index (χ3v) is 2.36. The van der Waals surface area contributed by atoms with Gasteiger partial charge in [0.05, 0.1) is 13.1 Å². The van der Waals surface area contributed by atoms with Crippen LogP contribution in [0, 0.1) is 7.05 Å². The molecule has 1 aromatic rings. The predicted molar refractivity (Wildman–Crippen MR) is 47.2 cm³/mol. The van der Waals surface area contributed by atoms with E-state index in [2.05, 4.69) is 12.0 Å². The molecule has 2 heterocycles. The minimum Gasteiger partial charge on any atom is -0.464 e. The van der Waals surface area contributed by atoms with Crippen LogP contribution in [0.15, 0.2) is 12.3 Å². The first-order valence-electron chi connectivity index (χ1n) is 4.16. The van der Waals surface area contributed by atoms with Gasteiger partial charge in [-0.2, -0.15) is 7.05 Å². The number of nitrogen functional groups attached to an aromatic ring is 1. The van der Waals surface area contributed by atoms with Crippen molar-refractivity contribution >= 4 is 5.82 Å². The maximum Gasteiger partial charge on any atom is 0.127 e. The van der Waals surface area contributed by atoms with Gasteiger partial charge in [0.2, 0.25) is 0 Å².